The summed E-state index contributed by atoms with van der Waals surface area (Å²) < 4.78 is 5.45. The second kappa shape index (κ2) is 6.51. The van der Waals surface area contributed by atoms with E-state index >= 15 is 0 Å². The highest BCUT2D eigenvalue weighted by Crippen LogP contribution is 2.33. The SMILES string of the molecule is CC[C@H](O)c1ccc(Oc2ccc(Cl)cc2[N+](=O)[O-])cn1. The van der Waals surface area contributed by atoms with Crippen LogP contribution in [0.2, 0.25) is 5.02 Å². The van der Waals surface area contributed by atoms with E-state index in [0.29, 0.717) is 17.9 Å². The third-order valence-electron chi connectivity index (χ3n) is 2.83. The Morgan fingerprint density at radius 2 is 2.19 bits per heavy atom. The number of nitro benzene ring substituents is 1. The van der Waals surface area contributed by atoms with Gasteiger partial charge in [0.1, 0.15) is 5.75 Å². The zero-order valence-electron chi connectivity index (χ0n) is 11.2. The van der Waals surface area contributed by atoms with Gasteiger partial charge in [-0.15, -0.1) is 0 Å². The maximum atomic E-state index is 11.0. The summed E-state index contributed by atoms with van der Waals surface area (Å²) in [5.41, 5.74) is 0.302. The highest BCUT2D eigenvalue weighted by molar-refractivity contribution is 6.30. The molecule has 2 aromatic rings. The van der Waals surface area contributed by atoms with Gasteiger partial charge in [0, 0.05) is 11.1 Å². The van der Waals surface area contributed by atoms with Gasteiger partial charge in [-0.25, -0.2) is 0 Å². The van der Waals surface area contributed by atoms with Gasteiger partial charge < -0.3 is 9.84 Å². The summed E-state index contributed by atoms with van der Waals surface area (Å²) >= 11 is 5.74. The maximum Gasteiger partial charge on any atom is 0.313 e. The predicted octanol–water partition coefficient (Wildman–Crippen LogP) is 3.88. The second-order valence-electron chi connectivity index (χ2n) is 4.31. The van der Waals surface area contributed by atoms with Crippen LogP contribution in [-0.4, -0.2) is 15.0 Å². The summed E-state index contributed by atoms with van der Waals surface area (Å²) in [6.07, 6.45) is 1.33. The zero-order valence-corrected chi connectivity index (χ0v) is 11.9. The largest absolute Gasteiger partial charge is 0.449 e. The number of rotatable bonds is 5. The molecule has 21 heavy (non-hydrogen) atoms. The van der Waals surface area contributed by atoms with Crippen molar-refractivity contribution in [1.29, 1.82) is 0 Å². The minimum atomic E-state index is -0.635. The number of aliphatic hydroxyl groups is 1. The molecule has 1 aromatic carbocycles. The molecule has 110 valence electrons. The van der Waals surface area contributed by atoms with E-state index in [1.807, 2.05) is 6.92 Å². The van der Waals surface area contributed by atoms with E-state index in [1.54, 1.807) is 12.1 Å². The van der Waals surface area contributed by atoms with Crippen molar-refractivity contribution in [3.63, 3.8) is 0 Å². The molecule has 0 aliphatic rings. The van der Waals surface area contributed by atoms with Gasteiger partial charge in [0.05, 0.1) is 22.9 Å². The summed E-state index contributed by atoms with van der Waals surface area (Å²) in [5.74, 6) is 0.419. The normalized spacial score (nSPS) is 12.0. The zero-order chi connectivity index (χ0) is 15.4. The Morgan fingerprint density at radius 1 is 1.43 bits per heavy atom. The van der Waals surface area contributed by atoms with Gasteiger partial charge in [-0.2, -0.15) is 0 Å². The van der Waals surface area contributed by atoms with Gasteiger partial charge >= 0.3 is 5.69 Å². The van der Waals surface area contributed by atoms with E-state index < -0.39 is 11.0 Å². The van der Waals surface area contributed by atoms with Crippen LogP contribution in [0.5, 0.6) is 11.5 Å². The first-order valence-electron chi connectivity index (χ1n) is 6.27. The number of ether oxygens (including phenoxy) is 1. The van der Waals surface area contributed by atoms with Crippen molar-refractivity contribution in [2.24, 2.45) is 0 Å². The van der Waals surface area contributed by atoms with Crippen molar-refractivity contribution in [2.75, 3.05) is 0 Å². The highest BCUT2D eigenvalue weighted by atomic mass is 35.5. The first-order chi connectivity index (χ1) is 10.0. The molecule has 2 rings (SSSR count). The minimum Gasteiger partial charge on any atom is -0.449 e. The lowest BCUT2D eigenvalue weighted by molar-refractivity contribution is -0.385. The first-order valence-corrected chi connectivity index (χ1v) is 6.65. The number of aliphatic hydroxyl groups excluding tert-OH is 1. The first kappa shape index (κ1) is 15.2. The molecule has 0 fully saturated rings. The molecular formula is C14H13ClN2O4. The fourth-order valence-corrected chi connectivity index (χ4v) is 1.87. The third-order valence-corrected chi connectivity index (χ3v) is 3.07. The van der Waals surface area contributed by atoms with Gasteiger partial charge in [0.25, 0.3) is 0 Å². The molecule has 0 aliphatic heterocycles. The molecule has 1 heterocycles. The van der Waals surface area contributed by atoms with Crippen molar-refractivity contribution < 1.29 is 14.8 Å². The second-order valence-corrected chi connectivity index (χ2v) is 4.75. The quantitative estimate of drug-likeness (QED) is 0.669. The van der Waals surface area contributed by atoms with Crippen molar-refractivity contribution >= 4 is 17.3 Å². The topological polar surface area (TPSA) is 85.5 Å². The van der Waals surface area contributed by atoms with Gasteiger partial charge in [0.15, 0.2) is 0 Å². The Balaban J connectivity index is 2.24. The van der Waals surface area contributed by atoms with Crippen LogP contribution in [-0.2, 0) is 0 Å². The Bertz CT molecular complexity index is 646. The molecule has 0 radical (unpaired) electrons. The van der Waals surface area contributed by atoms with Crippen LogP contribution in [0.4, 0.5) is 5.69 Å². The van der Waals surface area contributed by atoms with E-state index in [-0.39, 0.29) is 16.5 Å². The molecule has 0 saturated carbocycles. The Kier molecular flexibility index (Phi) is 4.72. The Hall–Kier alpha value is -2.18. The summed E-state index contributed by atoms with van der Waals surface area (Å²) in [4.78, 5) is 14.5. The number of benzene rings is 1. The van der Waals surface area contributed by atoms with Crippen molar-refractivity contribution in [2.45, 2.75) is 19.4 Å². The van der Waals surface area contributed by atoms with E-state index in [2.05, 4.69) is 4.98 Å². The molecule has 1 aromatic heterocycles. The van der Waals surface area contributed by atoms with Crippen LogP contribution in [0.25, 0.3) is 0 Å². The standard InChI is InChI=1S/C14H13ClN2O4/c1-2-13(18)11-5-4-10(8-16-11)21-14-6-3-9(15)7-12(14)17(19)20/h3-8,13,18H,2H2,1H3/t13-/m0/s1. The van der Waals surface area contributed by atoms with Gasteiger partial charge in [-0.3, -0.25) is 15.1 Å². The predicted molar refractivity (Wildman–Crippen MR) is 77.7 cm³/mol. The number of aromatic nitrogens is 1. The lowest BCUT2D eigenvalue weighted by Gasteiger charge is -2.09. The van der Waals surface area contributed by atoms with E-state index in [0.717, 1.165) is 0 Å². The number of halogens is 1. The molecule has 0 amide bonds. The molecule has 0 saturated heterocycles. The Morgan fingerprint density at radius 3 is 2.76 bits per heavy atom. The van der Waals surface area contributed by atoms with E-state index in [9.17, 15) is 15.2 Å². The summed E-state index contributed by atoms with van der Waals surface area (Å²) in [6.45, 7) is 1.84. The third kappa shape index (κ3) is 3.68. The van der Waals surface area contributed by atoms with Crippen LogP contribution < -0.4 is 4.74 Å². The minimum absolute atomic E-state index is 0.0787. The monoisotopic (exact) mass is 308 g/mol. The Labute approximate surface area is 126 Å². The molecule has 0 spiro atoms. The summed E-state index contributed by atoms with van der Waals surface area (Å²) in [7, 11) is 0. The van der Waals surface area contributed by atoms with E-state index in [4.69, 9.17) is 16.3 Å². The fraction of sp³-hybridized carbons (Fsp3) is 0.214. The summed E-state index contributed by atoms with van der Waals surface area (Å²) in [5, 5.41) is 20.9. The van der Waals surface area contributed by atoms with E-state index in [1.165, 1.54) is 24.4 Å². The average Bonchev–Trinajstić information content (AvgIpc) is 2.49. The fourth-order valence-electron chi connectivity index (χ4n) is 1.70. The molecule has 1 N–H and O–H groups in total. The number of nitro groups is 1. The van der Waals surface area contributed by atoms with Crippen LogP contribution in [0, 0.1) is 10.1 Å². The molecule has 0 aliphatic carbocycles. The van der Waals surface area contributed by atoms with Crippen molar-refractivity contribution in [3.8, 4) is 11.5 Å². The lowest BCUT2D eigenvalue weighted by atomic mass is 10.2. The van der Waals surface area contributed by atoms with Crippen molar-refractivity contribution in [1.82, 2.24) is 4.98 Å². The van der Waals surface area contributed by atoms with Crippen LogP contribution >= 0.6 is 11.6 Å². The lowest BCUT2D eigenvalue weighted by Crippen LogP contribution is -1.99. The van der Waals surface area contributed by atoms with Crippen molar-refractivity contribution in [3.05, 3.63) is 57.4 Å². The van der Waals surface area contributed by atoms with Gasteiger partial charge in [0.2, 0.25) is 5.75 Å². The number of hydrogen-bond acceptors (Lipinski definition) is 5. The molecule has 7 heteroatoms. The highest BCUT2D eigenvalue weighted by Gasteiger charge is 2.16. The maximum absolute atomic E-state index is 11.0. The number of hydrogen-bond donors (Lipinski definition) is 1. The van der Waals surface area contributed by atoms with Crippen LogP contribution in [0.3, 0.4) is 0 Å². The van der Waals surface area contributed by atoms with Crippen LogP contribution in [0.15, 0.2) is 36.5 Å². The molecular weight excluding hydrogens is 296 g/mol. The summed E-state index contributed by atoms with van der Waals surface area (Å²) in [6, 6.07) is 7.37. The number of pyridine rings is 1. The molecule has 0 bridgehead atoms. The van der Waals surface area contributed by atoms with Gasteiger partial charge in [-0.1, -0.05) is 18.5 Å². The molecule has 1 atom stereocenters. The average molecular weight is 309 g/mol. The van der Waals surface area contributed by atoms with Crippen LogP contribution in [0.1, 0.15) is 25.1 Å². The molecule has 6 nitrogen and oxygen atoms in total. The smallest absolute Gasteiger partial charge is 0.313 e. The molecule has 0 unspecified atom stereocenters. The van der Waals surface area contributed by atoms with Gasteiger partial charge in [-0.05, 0) is 30.7 Å². The number of nitrogens with zero attached hydrogens (tertiary/aromatic N) is 2.